The van der Waals surface area contributed by atoms with Crippen molar-refractivity contribution in [3.05, 3.63) is 107 Å². The molecule has 2 aromatic heterocycles. The molecule has 0 aliphatic carbocycles. The van der Waals surface area contributed by atoms with Gasteiger partial charge in [0.2, 0.25) is 17.7 Å². The molecule has 61 heavy (non-hydrogen) atoms. The Morgan fingerprint density at radius 1 is 0.852 bits per heavy atom. The maximum Gasteiger partial charge on any atom is 0.245 e. The van der Waals surface area contributed by atoms with E-state index in [1.807, 2.05) is 54.7 Å². The number of piperazine rings is 1. The number of rotatable bonds is 11. The molecule has 15 heteroatoms. The predicted molar refractivity (Wildman–Crippen MR) is 244 cm³/mol. The van der Waals surface area contributed by atoms with E-state index in [1.54, 1.807) is 13.2 Å². The summed E-state index contributed by atoms with van der Waals surface area (Å²) in [4.78, 5) is 56.5. The summed E-state index contributed by atoms with van der Waals surface area (Å²) >= 11 is 8.56. The molecule has 1 fully saturated rings. The molecule has 9 N–H and O–H groups in total. The molecule has 7 rings (SSSR count). The molecule has 2 aliphatic heterocycles. The van der Waals surface area contributed by atoms with Gasteiger partial charge in [-0.15, -0.1) is 0 Å². The molecular formula is C46H57ClN10O3S. The molecule has 0 radical (unpaired) electrons. The summed E-state index contributed by atoms with van der Waals surface area (Å²) in [7, 11) is 1.65. The Balaban J connectivity index is 1.32. The highest BCUT2D eigenvalue weighted by Crippen LogP contribution is 2.41. The van der Waals surface area contributed by atoms with E-state index in [1.165, 1.54) is 16.7 Å². The number of nitrogens with two attached hydrogens (primary N) is 2. The lowest BCUT2D eigenvalue weighted by atomic mass is 9.98. The molecule has 1 saturated heterocycles. The van der Waals surface area contributed by atoms with E-state index in [4.69, 9.17) is 28.1 Å². The SMILES string of the molecule is CN1C(=O)[C@H](CCCCN)NC(=O)[C@H](CCCN)NCc2cccnc2Sc2c(Cl)ccc(-c3ccc(N4CCNCC4)cc3)c2CNC(=O)[C@@H]1Cc1c[nH]c2ccccc12. The second-order valence-electron chi connectivity index (χ2n) is 15.7. The molecule has 0 saturated carbocycles. The summed E-state index contributed by atoms with van der Waals surface area (Å²) in [6.45, 7) is 5.05. The predicted octanol–water partition coefficient (Wildman–Crippen LogP) is 4.95. The molecule has 0 spiro atoms. The van der Waals surface area contributed by atoms with Gasteiger partial charge in [-0.2, -0.15) is 0 Å². The van der Waals surface area contributed by atoms with Crippen molar-refractivity contribution in [1.82, 2.24) is 36.1 Å². The van der Waals surface area contributed by atoms with Gasteiger partial charge < -0.3 is 47.5 Å². The highest BCUT2D eigenvalue weighted by molar-refractivity contribution is 7.99. The number of unbranched alkanes of at least 4 members (excludes halogenated alkanes) is 1. The number of carbonyl (C=O) groups is 3. The highest BCUT2D eigenvalue weighted by atomic mass is 35.5. The lowest BCUT2D eigenvalue weighted by Gasteiger charge is -2.32. The van der Waals surface area contributed by atoms with Crippen molar-refractivity contribution in [2.24, 2.45) is 11.5 Å². The first-order valence-corrected chi connectivity index (χ1v) is 22.5. The van der Waals surface area contributed by atoms with Gasteiger partial charge in [0, 0.05) is 86.6 Å². The Hall–Kier alpha value is -4.96. The Kier molecular flexibility index (Phi) is 15.3. The third-order valence-electron chi connectivity index (χ3n) is 11.7. The molecule has 3 aromatic carbocycles. The Morgan fingerprint density at radius 3 is 2.41 bits per heavy atom. The Morgan fingerprint density at radius 2 is 1.62 bits per heavy atom. The number of pyridine rings is 1. The molecule has 322 valence electrons. The van der Waals surface area contributed by atoms with E-state index in [-0.39, 0.29) is 30.7 Å². The van der Waals surface area contributed by atoms with Gasteiger partial charge in [-0.3, -0.25) is 14.4 Å². The van der Waals surface area contributed by atoms with Crippen LogP contribution in [0.4, 0.5) is 5.69 Å². The molecule has 5 aromatic rings. The smallest absolute Gasteiger partial charge is 0.245 e. The zero-order chi connectivity index (χ0) is 42.7. The lowest BCUT2D eigenvalue weighted by Crippen LogP contribution is -2.57. The third-order valence-corrected chi connectivity index (χ3v) is 13.3. The number of H-pyrrole nitrogens is 1. The van der Waals surface area contributed by atoms with E-state index in [9.17, 15) is 14.4 Å². The van der Waals surface area contributed by atoms with Gasteiger partial charge in [0.25, 0.3) is 0 Å². The minimum atomic E-state index is -0.929. The molecular weight excluding hydrogens is 808 g/mol. The summed E-state index contributed by atoms with van der Waals surface area (Å²) in [6.07, 6.45) is 6.59. The fourth-order valence-corrected chi connectivity index (χ4v) is 9.53. The van der Waals surface area contributed by atoms with Gasteiger partial charge in [-0.25, -0.2) is 4.98 Å². The van der Waals surface area contributed by atoms with Crippen LogP contribution in [0, 0.1) is 0 Å². The number of carbonyl (C=O) groups excluding carboxylic acids is 3. The maximum absolute atomic E-state index is 14.8. The molecule has 2 aliphatic rings. The monoisotopic (exact) mass is 864 g/mol. The van der Waals surface area contributed by atoms with Crippen molar-refractivity contribution in [1.29, 1.82) is 0 Å². The minimum absolute atomic E-state index is 0.126. The topological polar surface area (TPSA) is 187 Å². The van der Waals surface area contributed by atoms with Crippen molar-refractivity contribution in [2.75, 3.05) is 51.2 Å². The van der Waals surface area contributed by atoms with Crippen LogP contribution in [0.5, 0.6) is 0 Å². The number of nitrogens with one attached hydrogen (secondary N) is 5. The van der Waals surface area contributed by atoms with E-state index >= 15 is 0 Å². The zero-order valence-electron chi connectivity index (χ0n) is 34.7. The first kappa shape index (κ1) is 44.1. The molecule has 13 nitrogen and oxygen atoms in total. The lowest BCUT2D eigenvalue weighted by molar-refractivity contribution is -0.142. The summed E-state index contributed by atoms with van der Waals surface area (Å²) in [5.74, 6) is -1.01. The van der Waals surface area contributed by atoms with Gasteiger partial charge >= 0.3 is 0 Å². The first-order chi connectivity index (χ1) is 29.7. The van der Waals surface area contributed by atoms with Crippen molar-refractivity contribution < 1.29 is 14.4 Å². The average molecular weight is 866 g/mol. The number of halogens is 1. The number of likely N-dealkylation sites (N-methyl/N-ethyl adjacent to an activating group) is 1. The molecule has 3 atom stereocenters. The summed E-state index contributed by atoms with van der Waals surface area (Å²) in [6, 6.07) is 21.7. The number of aromatic amines is 1. The van der Waals surface area contributed by atoms with E-state index < -0.39 is 18.1 Å². The van der Waals surface area contributed by atoms with E-state index in [0.717, 1.165) is 75.5 Å². The number of hydrogen-bond donors (Lipinski definition) is 7. The van der Waals surface area contributed by atoms with Crippen LogP contribution in [0.2, 0.25) is 5.02 Å². The highest BCUT2D eigenvalue weighted by Gasteiger charge is 2.34. The average Bonchev–Trinajstić information content (AvgIpc) is 3.70. The van der Waals surface area contributed by atoms with Crippen LogP contribution in [-0.2, 0) is 33.9 Å². The summed E-state index contributed by atoms with van der Waals surface area (Å²) in [5.41, 5.74) is 18.4. The number of amides is 3. The van der Waals surface area contributed by atoms with E-state index in [0.29, 0.717) is 61.8 Å². The normalized spacial score (nSPS) is 19.5. The van der Waals surface area contributed by atoms with E-state index in [2.05, 4.69) is 55.4 Å². The van der Waals surface area contributed by atoms with Gasteiger partial charge in [-0.1, -0.05) is 65.8 Å². The summed E-state index contributed by atoms with van der Waals surface area (Å²) in [5, 5.41) is 15.4. The standard InChI is InChI=1S/C46H57ClN10O3S/c1-56-41(26-32-28-52-38-10-3-2-9-35(32)38)44(59)54-29-36-34(30-13-15-33(16-14-30)57-24-22-50-23-25-57)17-18-37(47)42(36)61-45-31(8-7-21-51-45)27-53-39(12-6-20-49)43(58)55-40(46(56)60)11-4-5-19-48/h2-3,7-10,13-18,21,28,39-41,50,52-53H,4-6,11-12,19-20,22-27,29,48-49H2,1H3,(H,54,59)(H,55,58)/t39-,40-,41-/m0/s1. The van der Waals surface area contributed by atoms with Crippen LogP contribution in [0.3, 0.4) is 0 Å². The van der Waals surface area contributed by atoms with Crippen LogP contribution in [0.25, 0.3) is 22.0 Å². The Labute approximate surface area is 367 Å². The molecule has 0 unspecified atom stereocenters. The number of anilines is 1. The third kappa shape index (κ3) is 10.7. The molecule has 4 heterocycles. The van der Waals surface area contributed by atoms with Crippen LogP contribution in [-0.4, -0.2) is 97.0 Å². The molecule has 0 bridgehead atoms. The zero-order valence-corrected chi connectivity index (χ0v) is 36.3. The van der Waals surface area contributed by atoms with Gasteiger partial charge in [0.1, 0.15) is 17.1 Å². The second kappa shape index (κ2) is 21.2. The number of nitrogens with zero attached hydrogens (tertiary/aromatic N) is 3. The van der Waals surface area contributed by atoms with Crippen molar-refractivity contribution in [3.63, 3.8) is 0 Å². The van der Waals surface area contributed by atoms with Crippen molar-refractivity contribution >= 4 is 57.7 Å². The second-order valence-corrected chi connectivity index (χ2v) is 17.1. The van der Waals surface area contributed by atoms with Crippen LogP contribution in [0.15, 0.2) is 95.1 Å². The van der Waals surface area contributed by atoms with Gasteiger partial charge in [-0.05, 0) is 103 Å². The van der Waals surface area contributed by atoms with Crippen LogP contribution < -0.4 is 37.6 Å². The number of hydrogen-bond acceptors (Lipinski definition) is 10. The fraction of sp³-hybridized carbons (Fsp3) is 0.391. The Bertz CT molecular complexity index is 2280. The largest absolute Gasteiger partial charge is 0.369 e. The number of para-hydroxylation sites is 1. The number of fused-ring (bicyclic) bond motifs is 3. The minimum Gasteiger partial charge on any atom is -0.369 e. The number of aromatic nitrogens is 2. The van der Waals surface area contributed by atoms with Gasteiger partial charge in [0.15, 0.2) is 0 Å². The van der Waals surface area contributed by atoms with Gasteiger partial charge in [0.05, 0.1) is 11.1 Å². The van der Waals surface area contributed by atoms with Crippen LogP contribution >= 0.6 is 23.4 Å². The molecule has 3 amide bonds. The van der Waals surface area contributed by atoms with Crippen LogP contribution in [0.1, 0.15) is 48.8 Å². The number of benzene rings is 3. The maximum atomic E-state index is 14.8. The van der Waals surface area contributed by atoms with Crippen molar-refractivity contribution in [2.45, 2.75) is 79.7 Å². The summed E-state index contributed by atoms with van der Waals surface area (Å²) < 4.78 is 0. The fourth-order valence-electron chi connectivity index (χ4n) is 8.19. The van der Waals surface area contributed by atoms with Crippen molar-refractivity contribution in [3.8, 4) is 11.1 Å². The first-order valence-electron chi connectivity index (χ1n) is 21.3. The quantitative estimate of drug-likeness (QED) is 0.0897.